The molecule has 0 amide bonds. The van der Waals surface area contributed by atoms with Crippen LogP contribution in [0.2, 0.25) is 5.15 Å². The number of carboxylic acids is 1. The predicted molar refractivity (Wildman–Crippen MR) is 238 cm³/mol. The van der Waals surface area contributed by atoms with E-state index >= 15 is 0 Å². The molecule has 3 aliphatic rings. The van der Waals surface area contributed by atoms with Crippen molar-refractivity contribution >= 4 is 57.7 Å². The third-order valence-corrected chi connectivity index (χ3v) is 11.5. The minimum absolute atomic E-state index is 0. The molecular formula is C42H59ClLiN11O10. The fraction of sp³-hybridized carbons (Fsp3) is 0.500. The van der Waals surface area contributed by atoms with E-state index < -0.39 is 17.2 Å². The number of ketones is 2. The maximum absolute atomic E-state index is 11.6. The Hall–Kier alpha value is -5.08. The van der Waals surface area contributed by atoms with Gasteiger partial charge in [0.15, 0.2) is 28.5 Å². The zero-order valence-corrected chi connectivity index (χ0v) is 38.4. The van der Waals surface area contributed by atoms with Gasteiger partial charge in [-0.3, -0.25) is 9.59 Å². The molecule has 0 aromatic carbocycles. The maximum Gasteiger partial charge on any atom is 1.00 e. The summed E-state index contributed by atoms with van der Waals surface area (Å²) in [6.45, 7) is 11.6. The molecule has 1 aliphatic carbocycles. The van der Waals surface area contributed by atoms with Crippen molar-refractivity contribution in [1.29, 1.82) is 0 Å². The quantitative estimate of drug-likeness (QED) is 0.104. The van der Waals surface area contributed by atoms with Crippen molar-refractivity contribution in [1.82, 2.24) is 43.8 Å². The topological polar surface area (TPSA) is 322 Å². The first-order chi connectivity index (χ1) is 28.8. The molecule has 0 atom stereocenters. The van der Waals surface area contributed by atoms with Crippen molar-refractivity contribution in [2.45, 2.75) is 109 Å². The van der Waals surface area contributed by atoms with Gasteiger partial charge in [0.1, 0.15) is 22.4 Å². The maximum atomic E-state index is 11.6. The number of hydrogen-bond donors (Lipinski definition) is 4. The molecule has 6 aromatic heterocycles. The fourth-order valence-corrected chi connectivity index (χ4v) is 7.45. The van der Waals surface area contributed by atoms with E-state index in [1.165, 1.54) is 54.5 Å². The molecule has 9 rings (SSSR count). The number of halogens is 1. The Kier molecular flexibility index (Phi) is 20.2. The molecule has 9 N–H and O–H groups in total. The first kappa shape index (κ1) is 56.0. The zero-order chi connectivity index (χ0) is 44.1. The van der Waals surface area contributed by atoms with Crippen LogP contribution >= 0.6 is 11.6 Å². The summed E-state index contributed by atoms with van der Waals surface area (Å²) < 4.78 is 4.58. The molecule has 6 aromatic rings. The number of hydrogen-bond acceptors (Lipinski definition) is 15. The molecule has 8 heterocycles. The van der Waals surface area contributed by atoms with Crippen LogP contribution in [-0.2, 0) is 0 Å². The number of carboxylic acid groups (broad SMARTS) is 1. The largest absolute Gasteiger partial charge is 1.00 e. The number of anilines is 2. The summed E-state index contributed by atoms with van der Waals surface area (Å²) >= 11 is 5.69. The van der Waals surface area contributed by atoms with Crippen molar-refractivity contribution in [3.63, 3.8) is 0 Å². The summed E-state index contributed by atoms with van der Waals surface area (Å²) in [4.78, 5) is 50.9. The number of carbonyl (C=O) groups excluding carboxylic acids is 2. The number of aliphatic hydroxyl groups is 3. The first-order valence-electron chi connectivity index (χ1n) is 20.4. The van der Waals surface area contributed by atoms with Gasteiger partial charge in [0.25, 0.3) is 0 Å². The van der Waals surface area contributed by atoms with E-state index in [0.717, 1.165) is 50.4 Å². The van der Waals surface area contributed by atoms with E-state index in [9.17, 15) is 29.7 Å². The predicted octanol–water partition coefficient (Wildman–Crippen LogP) is 0.526. The first-order valence-corrected chi connectivity index (χ1v) is 20.8. The second kappa shape index (κ2) is 23.4. The molecule has 350 valence electrons. The minimum atomic E-state index is -1.04. The van der Waals surface area contributed by atoms with Gasteiger partial charge in [-0.05, 0) is 91.3 Å². The molecule has 2 saturated heterocycles. The summed E-state index contributed by atoms with van der Waals surface area (Å²) in [7, 11) is 0. The molecule has 1 saturated carbocycles. The summed E-state index contributed by atoms with van der Waals surface area (Å²) in [6.07, 6.45) is 18.1. The Labute approximate surface area is 392 Å². The minimum Gasteiger partial charge on any atom is -0.870 e. The Morgan fingerprint density at radius 3 is 1.26 bits per heavy atom. The summed E-state index contributed by atoms with van der Waals surface area (Å²) in [5, 5.41) is 50.8. The second-order valence-electron chi connectivity index (χ2n) is 16.7. The van der Waals surface area contributed by atoms with Crippen LogP contribution in [-0.4, -0.2) is 141 Å². The third kappa shape index (κ3) is 14.5. The zero-order valence-electron chi connectivity index (χ0n) is 37.6. The summed E-state index contributed by atoms with van der Waals surface area (Å²) in [6, 6.07) is 5.32. The van der Waals surface area contributed by atoms with Crippen molar-refractivity contribution < 1.29 is 70.1 Å². The Morgan fingerprint density at radius 2 is 0.908 bits per heavy atom. The number of aromatic carboxylic acids is 1. The fourth-order valence-electron chi connectivity index (χ4n) is 7.31. The molecule has 23 heteroatoms. The van der Waals surface area contributed by atoms with Crippen LogP contribution in [0.15, 0.2) is 55.4 Å². The van der Waals surface area contributed by atoms with Crippen LogP contribution in [0.3, 0.4) is 0 Å². The average Bonchev–Trinajstić information content (AvgIpc) is 3.95. The van der Waals surface area contributed by atoms with Gasteiger partial charge in [0.2, 0.25) is 0 Å². The Morgan fingerprint density at radius 1 is 0.569 bits per heavy atom. The van der Waals surface area contributed by atoms with Gasteiger partial charge in [-0.25, -0.2) is 33.3 Å². The molecule has 2 aliphatic heterocycles. The Bertz CT molecular complexity index is 2380. The number of Topliss-reactive ketones (excluding diaryl/α,β-unsaturated/α-hetero) is 2. The summed E-state index contributed by atoms with van der Waals surface area (Å²) in [5.74, 6) is 0.411. The van der Waals surface area contributed by atoms with E-state index in [1.54, 1.807) is 29.2 Å². The van der Waals surface area contributed by atoms with Gasteiger partial charge < -0.3 is 46.7 Å². The van der Waals surface area contributed by atoms with Crippen LogP contribution in [0.25, 0.3) is 16.9 Å². The Balaban J connectivity index is 0.000000305. The molecular weight excluding hydrogens is 861 g/mol. The number of aromatic nitrogens is 9. The third-order valence-electron chi connectivity index (χ3n) is 11.3. The van der Waals surface area contributed by atoms with Crippen LogP contribution in [0, 0.1) is 0 Å². The van der Waals surface area contributed by atoms with Crippen LogP contribution in [0.4, 0.5) is 11.6 Å². The molecule has 65 heavy (non-hydrogen) atoms. The number of carbonyl (C=O) groups is 3. The van der Waals surface area contributed by atoms with Gasteiger partial charge in [-0.1, -0.05) is 30.9 Å². The molecule has 3 fully saturated rings. The second-order valence-corrected chi connectivity index (χ2v) is 17.1. The SMILES string of the molecule is CC(=O)c1cnn2ccc(Cl)nc12.CC(=O)c1cnn2ccc(N3CCC(C)(O)CC3)nc12.CC1(O)CCCCC1.CC1(O)CCN(c2ccn3ncc(C(=O)O)c3n2)CC1.O.O.[Li+].[OH-]. The van der Waals surface area contributed by atoms with E-state index in [4.69, 9.17) is 16.7 Å². The molecule has 0 spiro atoms. The standard InChI is InChI=1S/C14H18N4O2.C13H16N4O3.C8H6ClN3O.C7H14O.Li.3H2O/c1-10(19)11-9-15-18-6-3-12(16-13(11)18)17-7-4-14(2,20)5-8-17;1-13(20)3-6-16(7-4-13)10-2-5-17-11(15-10)9(8-14-17)12(18)19;1-5(13)6-4-10-12-3-2-7(9)11-8(6)12;1-7(8)5-3-2-4-6-7;;;;/h3,6,9,20H,4-5,7-8H2,1-2H3;2,5,8,20H,3-4,6-7H2,1H3,(H,18,19);2-4H,1H3;8H,2-6H2,1H3;;3*1H2/q;;;;+1;;;/p-1. The molecule has 21 nitrogen and oxygen atoms in total. The van der Waals surface area contributed by atoms with Gasteiger partial charge in [0.05, 0.1) is 46.5 Å². The van der Waals surface area contributed by atoms with Crippen molar-refractivity contribution in [2.75, 3.05) is 36.0 Å². The van der Waals surface area contributed by atoms with Gasteiger partial charge in [-0.2, -0.15) is 15.3 Å². The number of fused-ring (bicyclic) bond motifs is 3. The van der Waals surface area contributed by atoms with Crippen molar-refractivity contribution in [3.05, 3.63) is 77.2 Å². The van der Waals surface area contributed by atoms with E-state index in [0.29, 0.717) is 59.2 Å². The van der Waals surface area contributed by atoms with Crippen molar-refractivity contribution in [3.8, 4) is 0 Å². The number of rotatable bonds is 5. The van der Waals surface area contributed by atoms with Gasteiger partial charge in [-0.15, -0.1) is 0 Å². The molecule has 0 bridgehead atoms. The smallest absolute Gasteiger partial charge is 0.870 e. The molecule has 0 unspecified atom stereocenters. The summed E-state index contributed by atoms with van der Waals surface area (Å²) in [5.41, 5.74) is 1.03. The van der Waals surface area contributed by atoms with E-state index in [1.807, 2.05) is 39.1 Å². The van der Waals surface area contributed by atoms with Crippen molar-refractivity contribution in [2.24, 2.45) is 0 Å². The number of nitrogens with zero attached hydrogens (tertiary/aromatic N) is 11. The average molecular weight is 920 g/mol. The van der Waals surface area contributed by atoms with Crippen LogP contribution in [0.1, 0.15) is 123 Å². The van der Waals surface area contributed by atoms with E-state index in [2.05, 4.69) is 40.0 Å². The van der Waals surface area contributed by atoms with Gasteiger partial charge >= 0.3 is 24.8 Å². The van der Waals surface area contributed by atoms with Gasteiger partial charge in [0, 0.05) is 44.8 Å². The molecule has 0 radical (unpaired) electrons. The van der Waals surface area contributed by atoms with Crippen LogP contribution < -0.4 is 28.7 Å². The monoisotopic (exact) mass is 919 g/mol. The van der Waals surface area contributed by atoms with E-state index in [-0.39, 0.29) is 58.0 Å². The number of piperidine rings is 2. The normalized spacial score (nSPS) is 16.9. The van der Waals surface area contributed by atoms with Crippen LogP contribution in [0.5, 0.6) is 0 Å².